The Labute approximate surface area is 133 Å². The molecular formula is C18H17F2NO2. The first-order valence-electron chi connectivity index (χ1n) is 7.35. The van der Waals surface area contributed by atoms with Crippen molar-refractivity contribution in [2.75, 3.05) is 6.54 Å². The molecule has 2 rings (SSSR count). The van der Waals surface area contributed by atoms with Crippen LogP contribution in [-0.2, 0) is 11.2 Å². The molecule has 5 heteroatoms. The predicted molar refractivity (Wildman–Crippen MR) is 83.1 cm³/mol. The van der Waals surface area contributed by atoms with Crippen molar-refractivity contribution in [1.29, 1.82) is 0 Å². The van der Waals surface area contributed by atoms with Crippen LogP contribution in [0.5, 0.6) is 0 Å². The van der Waals surface area contributed by atoms with Gasteiger partial charge in [0.15, 0.2) is 5.78 Å². The first-order chi connectivity index (χ1) is 11.1. The molecule has 0 bridgehead atoms. The fourth-order valence-corrected chi connectivity index (χ4v) is 2.15. The van der Waals surface area contributed by atoms with Crippen molar-refractivity contribution in [2.45, 2.75) is 19.3 Å². The summed E-state index contributed by atoms with van der Waals surface area (Å²) in [5.74, 6) is -1.25. The van der Waals surface area contributed by atoms with E-state index in [1.54, 1.807) is 18.2 Å². The van der Waals surface area contributed by atoms with E-state index >= 15 is 0 Å². The Morgan fingerprint density at radius 3 is 2.35 bits per heavy atom. The van der Waals surface area contributed by atoms with Crippen LogP contribution in [0, 0.1) is 11.6 Å². The summed E-state index contributed by atoms with van der Waals surface area (Å²) in [7, 11) is 0. The molecule has 0 heterocycles. The Hall–Kier alpha value is -2.56. The summed E-state index contributed by atoms with van der Waals surface area (Å²) in [4.78, 5) is 23.5. The predicted octanol–water partition coefficient (Wildman–Crippen LogP) is 3.29. The van der Waals surface area contributed by atoms with Crippen molar-refractivity contribution in [2.24, 2.45) is 0 Å². The highest BCUT2D eigenvalue weighted by Gasteiger charge is 2.09. The maximum Gasteiger partial charge on any atom is 0.220 e. The van der Waals surface area contributed by atoms with E-state index in [2.05, 4.69) is 5.32 Å². The van der Waals surface area contributed by atoms with Crippen LogP contribution in [0.15, 0.2) is 48.5 Å². The van der Waals surface area contributed by atoms with Crippen LogP contribution in [-0.4, -0.2) is 18.2 Å². The van der Waals surface area contributed by atoms with Gasteiger partial charge in [-0.15, -0.1) is 0 Å². The highest BCUT2D eigenvalue weighted by Crippen LogP contribution is 2.10. The van der Waals surface area contributed by atoms with Crippen LogP contribution in [0.25, 0.3) is 0 Å². The molecule has 0 aromatic heterocycles. The van der Waals surface area contributed by atoms with Crippen LogP contribution in [0.1, 0.15) is 28.8 Å². The minimum atomic E-state index is -0.418. The van der Waals surface area contributed by atoms with Gasteiger partial charge < -0.3 is 5.32 Å². The Morgan fingerprint density at radius 1 is 0.957 bits per heavy atom. The third kappa shape index (κ3) is 5.29. The number of amides is 1. The number of hydrogen-bond donors (Lipinski definition) is 1. The van der Waals surface area contributed by atoms with E-state index < -0.39 is 5.82 Å². The molecule has 2 aromatic rings. The zero-order valence-electron chi connectivity index (χ0n) is 12.5. The highest BCUT2D eigenvalue weighted by molar-refractivity contribution is 5.99. The largest absolute Gasteiger partial charge is 0.349 e. The molecule has 0 fully saturated rings. The number of hydrogen-bond acceptors (Lipinski definition) is 2. The van der Waals surface area contributed by atoms with Gasteiger partial charge in [0.25, 0.3) is 0 Å². The Bertz CT molecular complexity index is 684. The van der Waals surface area contributed by atoms with Gasteiger partial charge in [0, 0.05) is 12.0 Å². The second kappa shape index (κ2) is 8.17. The van der Waals surface area contributed by atoms with Gasteiger partial charge in [0.05, 0.1) is 6.54 Å². The average Bonchev–Trinajstić information content (AvgIpc) is 2.55. The topological polar surface area (TPSA) is 46.2 Å². The molecule has 0 saturated carbocycles. The van der Waals surface area contributed by atoms with E-state index in [1.807, 2.05) is 0 Å². The molecule has 120 valence electrons. The van der Waals surface area contributed by atoms with E-state index in [1.165, 1.54) is 30.3 Å². The lowest BCUT2D eigenvalue weighted by Crippen LogP contribution is -2.29. The summed E-state index contributed by atoms with van der Waals surface area (Å²) in [6.07, 6.45) is 1.18. The van der Waals surface area contributed by atoms with Crippen LogP contribution in [0.2, 0.25) is 0 Å². The van der Waals surface area contributed by atoms with Crippen molar-refractivity contribution in [3.05, 3.63) is 71.3 Å². The zero-order valence-corrected chi connectivity index (χ0v) is 12.5. The highest BCUT2D eigenvalue weighted by atomic mass is 19.1. The molecule has 0 aliphatic carbocycles. The standard InChI is InChI=1S/C18H17F2NO2/c19-15-10-8-14(9-11-15)17(22)12-21-18(23)7-3-5-13-4-1-2-6-16(13)20/h1-2,4,6,8-11H,3,5,7,12H2,(H,21,23). The molecule has 1 amide bonds. The SMILES string of the molecule is O=C(CCCc1ccccc1F)NCC(=O)c1ccc(F)cc1. The van der Waals surface area contributed by atoms with Gasteiger partial charge in [-0.3, -0.25) is 9.59 Å². The molecule has 0 saturated heterocycles. The second-order valence-corrected chi connectivity index (χ2v) is 5.15. The van der Waals surface area contributed by atoms with Crippen LogP contribution < -0.4 is 5.32 Å². The van der Waals surface area contributed by atoms with Gasteiger partial charge in [-0.2, -0.15) is 0 Å². The van der Waals surface area contributed by atoms with Crippen molar-refractivity contribution in [3.8, 4) is 0 Å². The van der Waals surface area contributed by atoms with Crippen molar-refractivity contribution >= 4 is 11.7 Å². The van der Waals surface area contributed by atoms with Crippen molar-refractivity contribution < 1.29 is 18.4 Å². The van der Waals surface area contributed by atoms with E-state index in [0.29, 0.717) is 24.0 Å². The summed E-state index contributed by atoms with van der Waals surface area (Å²) >= 11 is 0. The molecule has 0 radical (unpaired) electrons. The minimum Gasteiger partial charge on any atom is -0.349 e. The summed E-state index contributed by atoms with van der Waals surface area (Å²) in [6.45, 7) is -0.135. The lowest BCUT2D eigenvalue weighted by Gasteiger charge is -2.06. The number of aryl methyl sites for hydroxylation is 1. The van der Waals surface area contributed by atoms with Gasteiger partial charge >= 0.3 is 0 Å². The normalized spacial score (nSPS) is 10.3. The molecule has 0 aliphatic rings. The Morgan fingerprint density at radius 2 is 1.65 bits per heavy atom. The smallest absolute Gasteiger partial charge is 0.220 e. The van der Waals surface area contributed by atoms with Gasteiger partial charge in [-0.05, 0) is 48.7 Å². The first-order valence-corrected chi connectivity index (χ1v) is 7.35. The number of halogens is 2. The molecule has 3 nitrogen and oxygen atoms in total. The molecule has 23 heavy (non-hydrogen) atoms. The molecule has 1 N–H and O–H groups in total. The number of ketones is 1. The second-order valence-electron chi connectivity index (χ2n) is 5.15. The fraction of sp³-hybridized carbons (Fsp3) is 0.222. The maximum absolute atomic E-state index is 13.4. The van der Waals surface area contributed by atoms with E-state index in [0.717, 1.165) is 0 Å². The van der Waals surface area contributed by atoms with Gasteiger partial charge in [0.2, 0.25) is 5.91 Å². The van der Waals surface area contributed by atoms with Crippen LogP contribution in [0.4, 0.5) is 8.78 Å². The number of nitrogens with one attached hydrogen (secondary N) is 1. The molecule has 0 atom stereocenters. The average molecular weight is 317 g/mol. The Kier molecular flexibility index (Phi) is 5.97. The van der Waals surface area contributed by atoms with E-state index in [-0.39, 0.29) is 30.5 Å². The molecule has 2 aromatic carbocycles. The molecule has 0 unspecified atom stereocenters. The molecule has 0 aliphatic heterocycles. The van der Waals surface area contributed by atoms with E-state index in [9.17, 15) is 18.4 Å². The third-order valence-electron chi connectivity index (χ3n) is 3.42. The first kappa shape index (κ1) is 16.8. The number of benzene rings is 2. The lowest BCUT2D eigenvalue weighted by molar-refractivity contribution is -0.121. The summed E-state index contributed by atoms with van der Waals surface area (Å²) in [6, 6.07) is 11.6. The fourth-order valence-electron chi connectivity index (χ4n) is 2.15. The third-order valence-corrected chi connectivity index (χ3v) is 3.42. The number of carbonyl (C=O) groups excluding carboxylic acids is 2. The van der Waals surface area contributed by atoms with Crippen LogP contribution >= 0.6 is 0 Å². The summed E-state index contributed by atoms with van der Waals surface area (Å²) < 4.78 is 26.2. The summed E-state index contributed by atoms with van der Waals surface area (Å²) in [5.41, 5.74) is 0.917. The van der Waals surface area contributed by atoms with Gasteiger partial charge in [-0.25, -0.2) is 8.78 Å². The number of rotatable bonds is 7. The monoisotopic (exact) mass is 317 g/mol. The van der Waals surface area contributed by atoms with Crippen molar-refractivity contribution in [1.82, 2.24) is 5.32 Å². The Balaban J connectivity index is 1.72. The van der Waals surface area contributed by atoms with Gasteiger partial charge in [0.1, 0.15) is 11.6 Å². The van der Waals surface area contributed by atoms with Crippen molar-refractivity contribution in [3.63, 3.8) is 0 Å². The van der Waals surface area contributed by atoms with E-state index in [4.69, 9.17) is 0 Å². The summed E-state index contributed by atoms with van der Waals surface area (Å²) in [5, 5.41) is 2.52. The van der Waals surface area contributed by atoms with Gasteiger partial charge in [-0.1, -0.05) is 18.2 Å². The van der Waals surface area contributed by atoms with Crippen LogP contribution in [0.3, 0.4) is 0 Å². The zero-order chi connectivity index (χ0) is 16.7. The lowest BCUT2D eigenvalue weighted by atomic mass is 10.1. The number of carbonyl (C=O) groups is 2. The molecule has 0 spiro atoms. The number of Topliss-reactive ketones (excluding diaryl/α,β-unsaturated/α-hetero) is 1. The quantitative estimate of drug-likeness (QED) is 0.797. The maximum atomic E-state index is 13.4. The molecular weight excluding hydrogens is 300 g/mol. The minimum absolute atomic E-state index is 0.135.